The maximum absolute atomic E-state index is 12.8. The van der Waals surface area contributed by atoms with Crippen LogP contribution in [-0.2, 0) is 11.3 Å². The number of carbonyl (C=O) groups excluding carboxylic acids is 1. The van der Waals surface area contributed by atoms with Gasteiger partial charge in [0.1, 0.15) is 0 Å². The number of pyridine rings is 1. The molecule has 0 aliphatic heterocycles. The number of nitrogens with zero attached hydrogens (tertiary/aromatic N) is 3. The zero-order chi connectivity index (χ0) is 18.6. The molecular formula is C18H26N4O2S. The number of amides is 1. The van der Waals surface area contributed by atoms with E-state index in [2.05, 4.69) is 29.1 Å². The Morgan fingerprint density at radius 3 is 2.64 bits per heavy atom. The van der Waals surface area contributed by atoms with Crippen molar-refractivity contribution in [3.63, 3.8) is 0 Å². The van der Waals surface area contributed by atoms with Crippen molar-refractivity contribution in [1.82, 2.24) is 19.9 Å². The van der Waals surface area contributed by atoms with E-state index >= 15 is 0 Å². The van der Waals surface area contributed by atoms with Gasteiger partial charge in [-0.15, -0.1) is 0 Å². The second-order valence-electron chi connectivity index (χ2n) is 6.97. The topological polar surface area (TPSA) is 76.9 Å². The lowest BCUT2D eigenvalue weighted by molar-refractivity contribution is -0.119. The van der Waals surface area contributed by atoms with Gasteiger partial charge in [-0.2, -0.15) is 0 Å². The van der Waals surface area contributed by atoms with Crippen molar-refractivity contribution >= 4 is 28.7 Å². The third-order valence-electron chi connectivity index (χ3n) is 3.96. The van der Waals surface area contributed by atoms with Gasteiger partial charge >= 0.3 is 0 Å². The number of hydrogen-bond acceptors (Lipinski definition) is 5. The van der Waals surface area contributed by atoms with Crippen LogP contribution >= 0.6 is 11.8 Å². The monoisotopic (exact) mass is 362 g/mol. The van der Waals surface area contributed by atoms with E-state index in [9.17, 15) is 9.59 Å². The first-order valence-corrected chi connectivity index (χ1v) is 9.56. The number of rotatable bonds is 7. The largest absolute Gasteiger partial charge is 0.353 e. The van der Waals surface area contributed by atoms with Crippen molar-refractivity contribution < 1.29 is 4.79 Å². The molecule has 1 N–H and O–H groups in total. The number of carbonyl (C=O) groups is 1. The van der Waals surface area contributed by atoms with Gasteiger partial charge in [0.25, 0.3) is 5.56 Å². The molecule has 0 aromatic carbocycles. The molecule has 0 saturated heterocycles. The van der Waals surface area contributed by atoms with E-state index in [1.54, 1.807) is 22.9 Å². The maximum atomic E-state index is 12.8. The molecule has 0 bridgehead atoms. The van der Waals surface area contributed by atoms with Crippen molar-refractivity contribution in [2.45, 2.75) is 52.4 Å². The van der Waals surface area contributed by atoms with Crippen LogP contribution in [0.25, 0.3) is 11.0 Å². The highest BCUT2D eigenvalue weighted by Gasteiger charge is 2.16. The lowest BCUT2D eigenvalue weighted by atomic mass is 10.1. The van der Waals surface area contributed by atoms with Crippen molar-refractivity contribution in [3.05, 3.63) is 28.7 Å². The Kier molecular flexibility index (Phi) is 6.58. The fourth-order valence-corrected chi connectivity index (χ4v) is 3.07. The Labute approximate surface area is 152 Å². The van der Waals surface area contributed by atoms with Gasteiger partial charge in [-0.25, -0.2) is 9.97 Å². The SMILES string of the molecule is CC(C)Cn1c(SCC(=O)N[C@H](C)C(C)C)nc2ncccc2c1=O. The summed E-state index contributed by atoms with van der Waals surface area (Å²) in [5, 5.41) is 4.02. The Morgan fingerprint density at radius 1 is 1.28 bits per heavy atom. The molecule has 0 aliphatic carbocycles. The predicted octanol–water partition coefficient (Wildman–Crippen LogP) is 2.70. The fourth-order valence-electron chi connectivity index (χ4n) is 2.26. The van der Waals surface area contributed by atoms with Gasteiger partial charge in [0.15, 0.2) is 10.8 Å². The molecule has 2 aromatic rings. The van der Waals surface area contributed by atoms with Gasteiger partial charge < -0.3 is 5.32 Å². The Balaban J connectivity index is 2.26. The minimum absolute atomic E-state index is 0.0577. The van der Waals surface area contributed by atoms with E-state index in [4.69, 9.17) is 0 Å². The first kappa shape index (κ1) is 19.4. The Bertz CT molecular complexity index is 801. The average molecular weight is 362 g/mol. The number of hydrogen-bond donors (Lipinski definition) is 1. The molecule has 0 saturated carbocycles. The third kappa shape index (κ3) is 5.04. The highest BCUT2D eigenvalue weighted by molar-refractivity contribution is 7.99. The molecule has 1 amide bonds. The standard InChI is InChI=1S/C18H26N4O2S/c1-11(2)9-22-17(24)14-7-6-8-19-16(14)21-18(22)25-10-15(23)20-13(5)12(3)4/h6-8,11-13H,9-10H2,1-5H3,(H,20,23)/t13-/m1/s1. The van der Waals surface area contributed by atoms with Crippen LogP contribution in [0.1, 0.15) is 34.6 Å². The van der Waals surface area contributed by atoms with Crippen LogP contribution in [-0.4, -0.2) is 32.2 Å². The summed E-state index contributed by atoms with van der Waals surface area (Å²) in [5.41, 5.74) is 0.316. The van der Waals surface area contributed by atoms with Crippen molar-refractivity contribution in [1.29, 1.82) is 0 Å². The molecule has 0 aliphatic rings. The van der Waals surface area contributed by atoms with Crippen LogP contribution in [0.5, 0.6) is 0 Å². The molecule has 0 fully saturated rings. The number of nitrogens with one attached hydrogen (secondary N) is 1. The minimum atomic E-state index is -0.106. The van der Waals surface area contributed by atoms with E-state index in [0.29, 0.717) is 34.6 Å². The first-order valence-electron chi connectivity index (χ1n) is 8.57. The lowest BCUT2D eigenvalue weighted by Gasteiger charge is -2.18. The van der Waals surface area contributed by atoms with Crippen LogP contribution in [0.3, 0.4) is 0 Å². The van der Waals surface area contributed by atoms with Gasteiger partial charge in [-0.3, -0.25) is 14.2 Å². The number of aromatic nitrogens is 3. The van der Waals surface area contributed by atoms with Gasteiger partial charge in [0.05, 0.1) is 11.1 Å². The fraction of sp³-hybridized carbons (Fsp3) is 0.556. The van der Waals surface area contributed by atoms with E-state index in [0.717, 1.165) is 0 Å². The van der Waals surface area contributed by atoms with Gasteiger partial charge in [-0.05, 0) is 30.9 Å². The van der Waals surface area contributed by atoms with Gasteiger partial charge in [0, 0.05) is 18.8 Å². The number of fused-ring (bicyclic) bond motifs is 1. The van der Waals surface area contributed by atoms with Crippen LogP contribution in [0.2, 0.25) is 0 Å². The molecule has 0 unspecified atom stereocenters. The van der Waals surface area contributed by atoms with E-state index in [-0.39, 0.29) is 23.3 Å². The van der Waals surface area contributed by atoms with E-state index < -0.39 is 0 Å². The third-order valence-corrected chi connectivity index (χ3v) is 4.94. The maximum Gasteiger partial charge on any atom is 0.263 e. The molecule has 0 radical (unpaired) electrons. The second-order valence-corrected chi connectivity index (χ2v) is 7.91. The summed E-state index contributed by atoms with van der Waals surface area (Å²) in [4.78, 5) is 33.6. The van der Waals surface area contributed by atoms with E-state index in [1.807, 2.05) is 20.8 Å². The zero-order valence-electron chi connectivity index (χ0n) is 15.4. The normalized spacial score (nSPS) is 12.8. The Hall–Kier alpha value is -1.89. The lowest BCUT2D eigenvalue weighted by Crippen LogP contribution is -2.37. The predicted molar refractivity (Wildman–Crippen MR) is 102 cm³/mol. The van der Waals surface area contributed by atoms with E-state index in [1.165, 1.54) is 11.8 Å². The van der Waals surface area contributed by atoms with Gasteiger partial charge in [0.2, 0.25) is 5.91 Å². The molecule has 2 aromatic heterocycles. The molecule has 2 heterocycles. The minimum Gasteiger partial charge on any atom is -0.353 e. The number of thioether (sulfide) groups is 1. The van der Waals surface area contributed by atoms with Crippen molar-refractivity contribution in [2.24, 2.45) is 11.8 Å². The summed E-state index contributed by atoms with van der Waals surface area (Å²) >= 11 is 1.28. The molecular weight excluding hydrogens is 336 g/mol. The first-order chi connectivity index (χ1) is 11.8. The highest BCUT2D eigenvalue weighted by atomic mass is 32.2. The smallest absolute Gasteiger partial charge is 0.263 e. The summed E-state index contributed by atoms with van der Waals surface area (Å²) in [6.45, 7) is 10.8. The zero-order valence-corrected chi connectivity index (χ0v) is 16.3. The summed E-state index contributed by atoms with van der Waals surface area (Å²) in [6, 6.07) is 3.58. The van der Waals surface area contributed by atoms with Crippen molar-refractivity contribution in [2.75, 3.05) is 5.75 Å². The highest BCUT2D eigenvalue weighted by Crippen LogP contribution is 2.18. The quantitative estimate of drug-likeness (QED) is 0.605. The van der Waals surface area contributed by atoms with Crippen LogP contribution in [0.4, 0.5) is 0 Å². The Morgan fingerprint density at radius 2 is 2.00 bits per heavy atom. The summed E-state index contributed by atoms with van der Waals surface area (Å²) in [7, 11) is 0. The molecule has 136 valence electrons. The molecule has 7 heteroatoms. The van der Waals surface area contributed by atoms with Crippen LogP contribution < -0.4 is 10.9 Å². The van der Waals surface area contributed by atoms with Gasteiger partial charge in [-0.1, -0.05) is 39.5 Å². The molecule has 1 atom stereocenters. The molecule has 25 heavy (non-hydrogen) atoms. The molecule has 0 spiro atoms. The van der Waals surface area contributed by atoms with Crippen molar-refractivity contribution in [3.8, 4) is 0 Å². The van der Waals surface area contributed by atoms with Crippen LogP contribution in [0, 0.1) is 11.8 Å². The average Bonchev–Trinajstić information content (AvgIpc) is 2.55. The second kappa shape index (κ2) is 8.47. The summed E-state index contributed by atoms with van der Waals surface area (Å²) < 4.78 is 1.65. The van der Waals surface area contributed by atoms with Crippen LogP contribution in [0.15, 0.2) is 28.3 Å². The summed E-state index contributed by atoms with van der Waals surface area (Å²) in [5.74, 6) is 0.830. The summed E-state index contributed by atoms with van der Waals surface area (Å²) in [6.07, 6.45) is 1.62. The molecule has 6 nitrogen and oxygen atoms in total. The molecule has 2 rings (SSSR count).